The molecule has 0 fully saturated rings. The van der Waals surface area contributed by atoms with Crippen LogP contribution in [0.3, 0.4) is 0 Å². The van der Waals surface area contributed by atoms with Crippen molar-refractivity contribution in [3.05, 3.63) is 194 Å². The Morgan fingerprint density at radius 1 is 0.300 bits per heavy atom. The molecule has 0 saturated heterocycles. The first-order valence-electron chi connectivity index (χ1n) is 16.2. The second kappa shape index (κ2) is 17.2. The van der Waals surface area contributed by atoms with E-state index in [1.165, 1.54) is 84.2 Å². The molecular weight excluding hydrogens is 719 g/mol. The number of rotatable bonds is 8. The Labute approximate surface area is 315 Å². The van der Waals surface area contributed by atoms with Crippen LogP contribution in [0.4, 0.5) is 0 Å². The van der Waals surface area contributed by atoms with Crippen LogP contribution in [0.25, 0.3) is 32.7 Å². The first-order valence-corrected chi connectivity index (χ1v) is 23.2. The molecule has 0 aliphatic carbocycles. The predicted octanol–water partition coefficient (Wildman–Crippen LogP) is 11.2. The van der Waals surface area contributed by atoms with Gasteiger partial charge in [-0.3, -0.25) is 0 Å². The normalized spacial score (nSPS) is 11.1. The van der Waals surface area contributed by atoms with Crippen LogP contribution >= 0.6 is 58.8 Å². The number of hydrogen-bond donors (Lipinski definition) is 2. The zero-order valence-electron chi connectivity index (χ0n) is 27.1. The maximum atomic E-state index is 3.72. The standard InChI is InChI=1S/C44H32P2.H2S4/c1-5-19-35(20-6-1)45(36-21-7-2-8-22-36)41-31-29-33-17-13-15-27-39(33)43(41)44-40-28-16-14-18-34(40)30-32-42(44)46(37-23-9-3-10-24-37)38-25-11-4-12-26-38;1-3-4-2/h1-32H;1-2H. The van der Waals surface area contributed by atoms with Crippen molar-refractivity contribution in [1.82, 2.24) is 0 Å². The third-order valence-electron chi connectivity index (χ3n) is 8.64. The molecule has 0 aromatic heterocycles. The van der Waals surface area contributed by atoms with Crippen LogP contribution in [0.15, 0.2) is 194 Å². The summed E-state index contributed by atoms with van der Waals surface area (Å²) in [5.41, 5.74) is 2.70. The second-order valence-electron chi connectivity index (χ2n) is 11.5. The van der Waals surface area contributed by atoms with Gasteiger partial charge in [0.2, 0.25) is 0 Å². The molecule has 0 aliphatic rings. The predicted molar refractivity (Wildman–Crippen MR) is 237 cm³/mol. The van der Waals surface area contributed by atoms with Gasteiger partial charge in [0.1, 0.15) is 0 Å². The molecule has 8 rings (SSSR count). The van der Waals surface area contributed by atoms with Crippen LogP contribution in [-0.4, -0.2) is 0 Å². The molecule has 0 spiro atoms. The summed E-state index contributed by atoms with van der Waals surface area (Å²) in [7, 11) is 0.960. The van der Waals surface area contributed by atoms with Gasteiger partial charge in [0.05, 0.1) is 0 Å². The first-order chi connectivity index (χ1) is 24.8. The Kier molecular flexibility index (Phi) is 12.0. The smallest absolute Gasteiger partial charge is 0.000884 e. The summed E-state index contributed by atoms with van der Waals surface area (Å²) in [6.07, 6.45) is 0. The highest BCUT2D eigenvalue weighted by Gasteiger charge is 2.27. The van der Waals surface area contributed by atoms with Gasteiger partial charge >= 0.3 is 0 Å². The summed E-state index contributed by atoms with van der Waals surface area (Å²) in [5, 5.41) is 13.3. The Morgan fingerprint density at radius 2 is 0.580 bits per heavy atom. The second-order valence-corrected chi connectivity index (χ2v) is 19.8. The first kappa shape index (κ1) is 35.0. The van der Waals surface area contributed by atoms with Gasteiger partial charge in [0.15, 0.2) is 0 Å². The number of benzene rings is 8. The van der Waals surface area contributed by atoms with E-state index in [1.54, 1.807) is 0 Å². The highest BCUT2D eigenvalue weighted by Crippen LogP contribution is 2.45. The number of fused-ring (bicyclic) bond motifs is 2. The van der Waals surface area contributed by atoms with Crippen molar-refractivity contribution in [2.24, 2.45) is 0 Å². The molecule has 0 bridgehead atoms. The van der Waals surface area contributed by atoms with E-state index in [2.05, 4.69) is 217 Å². The van der Waals surface area contributed by atoms with Crippen molar-refractivity contribution in [1.29, 1.82) is 0 Å². The Bertz CT molecular complexity index is 2060. The van der Waals surface area contributed by atoms with Crippen molar-refractivity contribution in [3.63, 3.8) is 0 Å². The molecule has 0 N–H and O–H groups in total. The third kappa shape index (κ3) is 7.58. The Morgan fingerprint density at radius 3 is 0.880 bits per heavy atom. The van der Waals surface area contributed by atoms with Crippen LogP contribution in [0, 0.1) is 0 Å². The minimum atomic E-state index is -0.852. The van der Waals surface area contributed by atoms with Crippen LogP contribution in [0.2, 0.25) is 0 Å². The van der Waals surface area contributed by atoms with Crippen LogP contribution < -0.4 is 31.8 Å². The molecule has 0 nitrogen and oxygen atoms in total. The Hall–Kier alpha value is -3.46. The lowest BCUT2D eigenvalue weighted by molar-refractivity contribution is 1.72. The molecule has 0 aliphatic heterocycles. The largest absolute Gasteiger partial charge is 0.0989 e. The molecule has 0 amide bonds. The number of thiol groups is 2. The van der Waals surface area contributed by atoms with Gasteiger partial charge in [-0.05, 0) is 100.0 Å². The lowest BCUT2D eigenvalue weighted by Gasteiger charge is -2.28. The Balaban J connectivity index is 0.000000932. The summed E-state index contributed by atoms with van der Waals surface area (Å²) in [4.78, 5) is 0. The van der Waals surface area contributed by atoms with Crippen LogP contribution in [0.5, 0.6) is 0 Å². The van der Waals surface area contributed by atoms with Crippen LogP contribution in [0.1, 0.15) is 0 Å². The topological polar surface area (TPSA) is 0 Å². The lowest BCUT2D eigenvalue weighted by atomic mass is 9.93. The maximum absolute atomic E-state index is 3.72. The summed E-state index contributed by atoms with van der Waals surface area (Å²) in [6.45, 7) is 0. The molecule has 8 aromatic rings. The van der Waals surface area contributed by atoms with Crippen molar-refractivity contribution in [2.45, 2.75) is 0 Å². The molecule has 244 valence electrons. The molecule has 0 heterocycles. The summed E-state index contributed by atoms with van der Waals surface area (Å²) < 4.78 is 0. The van der Waals surface area contributed by atoms with Crippen molar-refractivity contribution in [3.8, 4) is 11.1 Å². The minimum Gasteiger partial charge on any atom is -0.0989 e. The molecule has 0 unspecified atom stereocenters. The highest BCUT2D eigenvalue weighted by molar-refractivity contribution is 9.21. The maximum Gasteiger partial charge on any atom is -0.000884 e. The van der Waals surface area contributed by atoms with Crippen molar-refractivity contribution in [2.75, 3.05) is 0 Å². The van der Waals surface area contributed by atoms with E-state index in [9.17, 15) is 0 Å². The fourth-order valence-electron chi connectivity index (χ4n) is 6.58. The molecular formula is C44H34P2S4. The van der Waals surface area contributed by atoms with Crippen LogP contribution in [-0.2, 0) is 0 Å². The van der Waals surface area contributed by atoms with E-state index in [0.29, 0.717) is 0 Å². The van der Waals surface area contributed by atoms with Gasteiger partial charge in [-0.15, -0.1) is 0 Å². The highest BCUT2D eigenvalue weighted by atomic mass is 33.7. The average molecular weight is 753 g/mol. The third-order valence-corrected chi connectivity index (χ3v) is 16.3. The van der Waals surface area contributed by atoms with E-state index in [1.807, 2.05) is 0 Å². The monoisotopic (exact) mass is 752 g/mol. The van der Waals surface area contributed by atoms with Crippen molar-refractivity contribution >= 4 is 112 Å². The van der Waals surface area contributed by atoms with Gasteiger partial charge < -0.3 is 0 Å². The van der Waals surface area contributed by atoms with Crippen molar-refractivity contribution < 1.29 is 0 Å². The summed E-state index contributed by atoms with van der Waals surface area (Å²) in [6, 6.07) is 71.8. The SMILES string of the molecule is SSSS.c1ccc(P(c2ccccc2)c2ccc3ccccc3c2-c2c(P(c3ccccc3)c3ccccc3)ccc3ccccc23)cc1. The van der Waals surface area contributed by atoms with Gasteiger partial charge in [0.25, 0.3) is 0 Å². The molecule has 50 heavy (non-hydrogen) atoms. The average Bonchev–Trinajstić information content (AvgIpc) is 3.20. The van der Waals surface area contributed by atoms with Gasteiger partial charge in [0, 0.05) is 0 Å². The molecule has 0 atom stereocenters. The van der Waals surface area contributed by atoms with Gasteiger partial charge in [-0.25, -0.2) is 0 Å². The molecule has 8 aromatic carbocycles. The fourth-order valence-corrected chi connectivity index (χ4v) is 11.5. The summed E-state index contributed by atoms with van der Waals surface area (Å²) in [5.74, 6) is 0. The van der Waals surface area contributed by atoms with E-state index in [-0.39, 0.29) is 0 Å². The zero-order chi connectivity index (χ0) is 34.1. The number of hydrogen-bond acceptors (Lipinski definition) is 4. The molecule has 0 saturated carbocycles. The van der Waals surface area contributed by atoms with E-state index in [4.69, 9.17) is 0 Å². The zero-order valence-corrected chi connectivity index (χ0v) is 32.3. The molecule has 0 radical (unpaired) electrons. The molecule has 6 heteroatoms. The van der Waals surface area contributed by atoms with E-state index < -0.39 is 15.8 Å². The minimum absolute atomic E-state index is 0.852. The fraction of sp³-hybridized carbons (Fsp3) is 0. The summed E-state index contributed by atoms with van der Waals surface area (Å²) >= 11 is 7.45. The van der Waals surface area contributed by atoms with E-state index >= 15 is 0 Å². The van der Waals surface area contributed by atoms with Gasteiger partial charge in [-0.2, -0.15) is 0 Å². The van der Waals surface area contributed by atoms with Gasteiger partial charge in [-0.1, -0.05) is 217 Å². The quantitative estimate of drug-likeness (QED) is 0.0901. The van der Waals surface area contributed by atoms with E-state index in [0.717, 1.165) is 0 Å². The lowest BCUT2D eigenvalue weighted by Crippen LogP contribution is -2.26.